The normalized spacial score (nSPS) is 19.5. The van der Waals surface area contributed by atoms with Gasteiger partial charge in [-0.3, -0.25) is 4.99 Å². The Kier molecular flexibility index (Phi) is 5.22. The highest BCUT2D eigenvalue weighted by Gasteiger charge is 2.44. The maximum Gasteiger partial charge on any atom is 0.102 e. The van der Waals surface area contributed by atoms with Crippen molar-refractivity contribution in [2.24, 2.45) is 4.99 Å². The van der Waals surface area contributed by atoms with E-state index in [1.165, 1.54) is 44.9 Å². The predicted octanol–water partition coefficient (Wildman–Crippen LogP) is 5.60. The maximum absolute atomic E-state index is 5.84. The number of nitrogens with zero attached hydrogens (tertiary/aromatic N) is 1. The highest BCUT2D eigenvalue weighted by Crippen LogP contribution is 2.58. The first-order valence-corrected chi connectivity index (χ1v) is 11.9. The molecule has 0 amide bonds. The molecule has 1 spiro atoms. The molecule has 3 aromatic rings. The van der Waals surface area contributed by atoms with Gasteiger partial charge in [0.25, 0.3) is 0 Å². The Morgan fingerprint density at radius 1 is 1.00 bits per heavy atom. The Morgan fingerprint density at radius 3 is 2.64 bits per heavy atom. The van der Waals surface area contributed by atoms with Crippen LogP contribution in [0.25, 0.3) is 10.9 Å². The fourth-order valence-electron chi connectivity index (χ4n) is 4.17. The molecular weight excluding hydrogens is 384 g/mol. The molecule has 1 saturated heterocycles. The SMILES string of the molecule is c1ccc(COCCN=C2CCC3(SCCS3)c3[nH]c4ccccc4c32)cc1. The standard InChI is InChI=1S/C23H24N2OS2/c1-2-6-17(7-3-1)16-26-13-12-24-20-10-11-23(27-14-15-28-23)22-21(20)18-8-4-5-9-19(18)25-22/h1-9,25H,10-16H2. The molecule has 1 N–H and O–H groups in total. The van der Waals surface area contributed by atoms with Crippen molar-refractivity contribution >= 4 is 40.1 Å². The largest absolute Gasteiger partial charge is 0.375 e. The monoisotopic (exact) mass is 408 g/mol. The van der Waals surface area contributed by atoms with Gasteiger partial charge in [-0.05, 0) is 24.5 Å². The van der Waals surface area contributed by atoms with Gasteiger partial charge in [-0.1, -0.05) is 48.5 Å². The van der Waals surface area contributed by atoms with E-state index in [1.54, 1.807) is 0 Å². The highest BCUT2D eigenvalue weighted by molar-refractivity contribution is 8.20. The smallest absolute Gasteiger partial charge is 0.102 e. The molecule has 0 radical (unpaired) electrons. The van der Waals surface area contributed by atoms with Crippen LogP contribution in [-0.2, 0) is 15.4 Å². The molecule has 0 unspecified atom stereocenters. The lowest BCUT2D eigenvalue weighted by molar-refractivity contribution is 0.128. The van der Waals surface area contributed by atoms with Crippen molar-refractivity contribution < 1.29 is 4.74 Å². The molecule has 144 valence electrons. The van der Waals surface area contributed by atoms with Crippen molar-refractivity contribution in [2.75, 3.05) is 24.7 Å². The van der Waals surface area contributed by atoms with Crippen LogP contribution in [0.2, 0.25) is 0 Å². The minimum absolute atomic E-state index is 0.192. The molecule has 3 nitrogen and oxygen atoms in total. The minimum Gasteiger partial charge on any atom is -0.375 e. The molecule has 2 aromatic carbocycles. The number of benzene rings is 2. The summed E-state index contributed by atoms with van der Waals surface area (Å²) in [6.45, 7) is 2.03. The molecule has 1 aliphatic heterocycles. The Hall–Kier alpha value is -1.69. The number of para-hydroxylation sites is 1. The number of hydrogen-bond acceptors (Lipinski definition) is 4. The van der Waals surface area contributed by atoms with Gasteiger partial charge < -0.3 is 9.72 Å². The summed E-state index contributed by atoms with van der Waals surface area (Å²) in [6, 6.07) is 19.0. The van der Waals surface area contributed by atoms with Crippen molar-refractivity contribution in [3.8, 4) is 0 Å². The topological polar surface area (TPSA) is 37.4 Å². The van der Waals surface area contributed by atoms with E-state index >= 15 is 0 Å². The lowest BCUT2D eigenvalue weighted by atomic mass is 9.92. The quantitative estimate of drug-likeness (QED) is 0.558. The van der Waals surface area contributed by atoms with Crippen molar-refractivity contribution in [2.45, 2.75) is 23.5 Å². The zero-order chi connectivity index (χ0) is 18.8. The van der Waals surface area contributed by atoms with Crippen LogP contribution in [0.4, 0.5) is 0 Å². The van der Waals surface area contributed by atoms with Crippen LogP contribution in [0.3, 0.4) is 0 Å². The van der Waals surface area contributed by atoms with Crippen LogP contribution in [0.5, 0.6) is 0 Å². The van der Waals surface area contributed by atoms with Gasteiger partial charge in [-0.25, -0.2) is 0 Å². The number of thioether (sulfide) groups is 2. The Labute approximate surface area is 174 Å². The zero-order valence-corrected chi connectivity index (χ0v) is 17.5. The van der Waals surface area contributed by atoms with Gasteiger partial charge in [0, 0.05) is 33.7 Å². The first-order valence-electron chi connectivity index (χ1n) is 9.90. The van der Waals surface area contributed by atoms with E-state index in [0.29, 0.717) is 19.8 Å². The fraction of sp³-hybridized carbons (Fsp3) is 0.348. The van der Waals surface area contributed by atoms with E-state index < -0.39 is 0 Å². The first kappa shape index (κ1) is 18.3. The number of hydrogen-bond donors (Lipinski definition) is 1. The van der Waals surface area contributed by atoms with Crippen LogP contribution in [-0.4, -0.2) is 35.4 Å². The summed E-state index contributed by atoms with van der Waals surface area (Å²) < 4.78 is 6.03. The molecule has 1 aromatic heterocycles. The van der Waals surface area contributed by atoms with Crippen molar-refractivity contribution in [3.05, 3.63) is 71.4 Å². The molecule has 5 heteroatoms. The molecule has 2 heterocycles. The number of H-pyrrole nitrogens is 1. The molecule has 1 fully saturated rings. The second-order valence-electron chi connectivity index (χ2n) is 7.24. The molecule has 0 bridgehead atoms. The Balaban J connectivity index is 1.36. The van der Waals surface area contributed by atoms with Gasteiger partial charge >= 0.3 is 0 Å². The van der Waals surface area contributed by atoms with Crippen LogP contribution in [0.15, 0.2) is 59.6 Å². The summed E-state index contributed by atoms with van der Waals surface area (Å²) in [5, 5.41) is 1.31. The number of aromatic nitrogens is 1. The van der Waals surface area contributed by atoms with E-state index in [2.05, 4.69) is 64.9 Å². The molecule has 0 saturated carbocycles. The molecule has 0 atom stereocenters. The summed E-state index contributed by atoms with van der Waals surface area (Å²) in [5.74, 6) is 2.47. The minimum atomic E-state index is 0.192. The summed E-state index contributed by atoms with van der Waals surface area (Å²) in [5.41, 5.74) is 6.43. The zero-order valence-electron chi connectivity index (χ0n) is 15.8. The maximum atomic E-state index is 5.84. The van der Waals surface area contributed by atoms with E-state index in [-0.39, 0.29) is 4.08 Å². The number of aromatic amines is 1. The molecule has 5 rings (SSSR count). The van der Waals surface area contributed by atoms with E-state index in [4.69, 9.17) is 9.73 Å². The van der Waals surface area contributed by atoms with Crippen molar-refractivity contribution in [3.63, 3.8) is 0 Å². The van der Waals surface area contributed by atoms with Gasteiger partial charge in [0.05, 0.1) is 25.5 Å². The molecule has 1 aliphatic carbocycles. The van der Waals surface area contributed by atoms with Gasteiger partial charge in [0.1, 0.15) is 4.08 Å². The second kappa shape index (κ2) is 7.97. The van der Waals surface area contributed by atoms with Gasteiger partial charge in [-0.2, -0.15) is 0 Å². The molecule has 2 aliphatic rings. The van der Waals surface area contributed by atoms with Crippen LogP contribution >= 0.6 is 23.5 Å². The van der Waals surface area contributed by atoms with Gasteiger partial charge in [-0.15, -0.1) is 23.5 Å². The van der Waals surface area contributed by atoms with Crippen LogP contribution in [0, 0.1) is 0 Å². The van der Waals surface area contributed by atoms with Crippen LogP contribution in [0.1, 0.15) is 29.7 Å². The summed E-state index contributed by atoms with van der Waals surface area (Å²) in [7, 11) is 0. The molecular formula is C23H24N2OS2. The number of aliphatic imine (C=N–C) groups is 1. The van der Waals surface area contributed by atoms with Crippen molar-refractivity contribution in [1.29, 1.82) is 0 Å². The number of fused-ring (bicyclic) bond motifs is 4. The number of ether oxygens (including phenoxy) is 1. The average Bonchev–Trinajstić information content (AvgIpc) is 3.36. The third-order valence-electron chi connectivity index (χ3n) is 5.47. The van der Waals surface area contributed by atoms with E-state index in [1.807, 2.05) is 18.2 Å². The van der Waals surface area contributed by atoms with Gasteiger partial charge in [0.2, 0.25) is 0 Å². The lowest BCUT2D eigenvalue weighted by Gasteiger charge is -2.32. The average molecular weight is 409 g/mol. The lowest BCUT2D eigenvalue weighted by Crippen LogP contribution is -2.26. The summed E-state index contributed by atoms with van der Waals surface area (Å²) >= 11 is 4.21. The number of rotatable bonds is 5. The fourth-order valence-corrected chi connectivity index (χ4v) is 7.42. The van der Waals surface area contributed by atoms with Gasteiger partial charge in [0.15, 0.2) is 0 Å². The first-order chi connectivity index (χ1) is 13.9. The Bertz CT molecular complexity index is 990. The predicted molar refractivity (Wildman–Crippen MR) is 122 cm³/mol. The van der Waals surface area contributed by atoms with E-state index in [9.17, 15) is 0 Å². The highest BCUT2D eigenvalue weighted by atomic mass is 32.2. The second-order valence-corrected chi connectivity index (χ2v) is 10.3. The third-order valence-corrected chi connectivity index (χ3v) is 9.00. The Morgan fingerprint density at radius 2 is 1.79 bits per heavy atom. The summed E-state index contributed by atoms with van der Waals surface area (Å²) in [4.78, 5) is 8.73. The van der Waals surface area contributed by atoms with Crippen molar-refractivity contribution in [1.82, 2.24) is 4.98 Å². The third kappa shape index (κ3) is 3.40. The van der Waals surface area contributed by atoms with E-state index in [0.717, 1.165) is 12.8 Å². The number of nitrogens with one attached hydrogen (secondary N) is 1. The van der Waals surface area contributed by atoms with Crippen LogP contribution < -0.4 is 0 Å². The molecule has 28 heavy (non-hydrogen) atoms. The summed E-state index contributed by atoms with van der Waals surface area (Å²) in [6.07, 6.45) is 2.21.